The average molecular weight is 307 g/mol. The van der Waals surface area contributed by atoms with Gasteiger partial charge in [0, 0.05) is 7.05 Å². The number of benzene rings is 1. The number of hydrogen-bond donors (Lipinski definition) is 1. The van der Waals surface area contributed by atoms with E-state index in [1.54, 1.807) is 10.9 Å². The Labute approximate surface area is 115 Å². The summed E-state index contributed by atoms with van der Waals surface area (Å²) in [6, 6.07) is 8.25. The SMILES string of the molecule is Cn1ncc(Br)c1C(O)c1cccc(C2CC2)c1. The van der Waals surface area contributed by atoms with E-state index in [0.717, 1.165) is 15.7 Å². The Morgan fingerprint density at radius 3 is 2.83 bits per heavy atom. The van der Waals surface area contributed by atoms with E-state index in [2.05, 4.69) is 33.2 Å². The van der Waals surface area contributed by atoms with Gasteiger partial charge in [-0.2, -0.15) is 5.10 Å². The quantitative estimate of drug-likeness (QED) is 0.946. The first-order valence-corrected chi connectivity index (χ1v) is 6.91. The molecular formula is C14H15BrN2O. The van der Waals surface area contributed by atoms with Crippen LogP contribution in [0, 0.1) is 0 Å². The highest BCUT2D eigenvalue weighted by molar-refractivity contribution is 9.10. The van der Waals surface area contributed by atoms with E-state index in [9.17, 15) is 5.11 Å². The summed E-state index contributed by atoms with van der Waals surface area (Å²) in [4.78, 5) is 0. The number of aliphatic hydroxyl groups is 1. The molecule has 1 N–H and O–H groups in total. The minimum atomic E-state index is -0.634. The first kappa shape index (κ1) is 11.9. The second kappa shape index (κ2) is 4.52. The van der Waals surface area contributed by atoms with E-state index >= 15 is 0 Å². The molecule has 1 atom stereocenters. The van der Waals surface area contributed by atoms with Crippen molar-refractivity contribution < 1.29 is 5.11 Å². The van der Waals surface area contributed by atoms with Crippen LogP contribution in [0.25, 0.3) is 0 Å². The molecule has 1 fully saturated rings. The van der Waals surface area contributed by atoms with Crippen molar-refractivity contribution in [3.05, 3.63) is 51.8 Å². The average Bonchev–Trinajstić information content (AvgIpc) is 3.16. The van der Waals surface area contributed by atoms with Crippen molar-refractivity contribution in [1.29, 1.82) is 0 Å². The molecule has 1 heterocycles. The Morgan fingerprint density at radius 1 is 1.44 bits per heavy atom. The zero-order valence-electron chi connectivity index (χ0n) is 10.2. The summed E-state index contributed by atoms with van der Waals surface area (Å²) < 4.78 is 2.55. The van der Waals surface area contributed by atoms with Crippen LogP contribution >= 0.6 is 15.9 Å². The van der Waals surface area contributed by atoms with E-state index in [1.165, 1.54) is 18.4 Å². The van der Waals surface area contributed by atoms with Gasteiger partial charge in [-0.25, -0.2) is 0 Å². The van der Waals surface area contributed by atoms with E-state index in [0.29, 0.717) is 5.92 Å². The van der Waals surface area contributed by atoms with Crippen molar-refractivity contribution in [3.8, 4) is 0 Å². The number of rotatable bonds is 3. The molecular weight excluding hydrogens is 292 g/mol. The lowest BCUT2D eigenvalue weighted by atomic mass is 10.0. The standard InChI is InChI=1S/C14H15BrN2O/c1-17-13(12(15)8-16-17)14(18)11-4-2-3-10(7-11)9-5-6-9/h2-4,7-9,14,18H,5-6H2,1H3. The maximum atomic E-state index is 10.5. The normalized spacial score (nSPS) is 16.8. The van der Waals surface area contributed by atoms with Crippen molar-refractivity contribution in [3.63, 3.8) is 0 Å². The first-order valence-electron chi connectivity index (χ1n) is 6.12. The monoisotopic (exact) mass is 306 g/mol. The van der Waals surface area contributed by atoms with Crippen LogP contribution in [0.2, 0.25) is 0 Å². The Bertz CT molecular complexity index is 555. The van der Waals surface area contributed by atoms with Gasteiger partial charge in [-0.15, -0.1) is 0 Å². The van der Waals surface area contributed by atoms with E-state index in [4.69, 9.17) is 0 Å². The molecule has 3 rings (SSSR count). The third-order valence-corrected chi connectivity index (χ3v) is 4.08. The van der Waals surface area contributed by atoms with Gasteiger partial charge in [0.15, 0.2) is 0 Å². The van der Waals surface area contributed by atoms with Gasteiger partial charge in [-0.1, -0.05) is 24.3 Å². The third-order valence-electron chi connectivity index (χ3n) is 3.47. The Kier molecular flexibility index (Phi) is 2.99. The minimum absolute atomic E-state index is 0.634. The van der Waals surface area contributed by atoms with E-state index < -0.39 is 6.10 Å². The molecule has 2 aromatic rings. The minimum Gasteiger partial charge on any atom is -0.382 e. The van der Waals surface area contributed by atoms with Gasteiger partial charge >= 0.3 is 0 Å². The summed E-state index contributed by atoms with van der Waals surface area (Å²) in [7, 11) is 1.84. The van der Waals surface area contributed by atoms with Gasteiger partial charge in [0.1, 0.15) is 6.10 Å². The second-order valence-corrected chi connectivity index (χ2v) is 5.70. The summed E-state index contributed by atoms with van der Waals surface area (Å²) in [6.45, 7) is 0. The zero-order chi connectivity index (χ0) is 12.7. The Balaban J connectivity index is 1.96. The molecule has 1 aliphatic rings. The van der Waals surface area contributed by atoms with Crippen molar-refractivity contribution in [2.45, 2.75) is 24.9 Å². The van der Waals surface area contributed by atoms with Crippen LogP contribution in [0.4, 0.5) is 0 Å². The largest absolute Gasteiger partial charge is 0.382 e. The molecule has 1 aromatic carbocycles. The zero-order valence-corrected chi connectivity index (χ0v) is 11.8. The highest BCUT2D eigenvalue weighted by atomic mass is 79.9. The van der Waals surface area contributed by atoms with Crippen LogP contribution < -0.4 is 0 Å². The number of aryl methyl sites for hydroxylation is 1. The molecule has 0 spiro atoms. The third kappa shape index (κ3) is 2.10. The fraction of sp³-hybridized carbons (Fsp3) is 0.357. The summed E-state index contributed by atoms with van der Waals surface area (Å²) in [5, 5.41) is 14.6. The van der Waals surface area contributed by atoms with Crippen LogP contribution in [-0.4, -0.2) is 14.9 Å². The predicted molar refractivity (Wildman–Crippen MR) is 73.4 cm³/mol. The number of aliphatic hydroxyl groups excluding tert-OH is 1. The topological polar surface area (TPSA) is 38.0 Å². The maximum absolute atomic E-state index is 10.5. The molecule has 0 aliphatic heterocycles. The maximum Gasteiger partial charge on any atom is 0.122 e. The summed E-state index contributed by atoms with van der Waals surface area (Å²) in [5.74, 6) is 0.701. The molecule has 4 heteroatoms. The van der Waals surface area contributed by atoms with Crippen molar-refractivity contribution in [2.24, 2.45) is 7.05 Å². The Morgan fingerprint density at radius 2 is 2.22 bits per heavy atom. The van der Waals surface area contributed by atoms with Crippen molar-refractivity contribution in [2.75, 3.05) is 0 Å². The fourth-order valence-corrected chi connectivity index (χ4v) is 2.85. The lowest BCUT2D eigenvalue weighted by Gasteiger charge is -2.13. The van der Waals surface area contributed by atoms with Crippen LogP contribution in [0.5, 0.6) is 0 Å². The van der Waals surface area contributed by atoms with Gasteiger partial charge in [0.25, 0.3) is 0 Å². The smallest absolute Gasteiger partial charge is 0.122 e. The lowest BCUT2D eigenvalue weighted by molar-refractivity contribution is 0.209. The van der Waals surface area contributed by atoms with Crippen LogP contribution in [-0.2, 0) is 7.05 Å². The molecule has 1 unspecified atom stereocenters. The van der Waals surface area contributed by atoms with Crippen molar-refractivity contribution in [1.82, 2.24) is 9.78 Å². The predicted octanol–water partition coefficient (Wildman–Crippen LogP) is 3.14. The highest BCUT2D eigenvalue weighted by Gasteiger charge is 2.25. The molecule has 18 heavy (non-hydrogen) atoms. The van der Waals surface area contributed by atoms with Crippen LogP contribution in [0.15, 0.2) is 34.9 Å². The molecule has 1 saturated carbocycles. The summed E-state index contributed by atoms with van der Waals surface area (Å²) >= 11 is 3.43. The van der Waals surface area contributed by atoms with Gasteiger partial charge in [-0.3, -0.25) is 4.68 Å². The van der Waals surface area contributed by atoms with Gasteiger partial charge in [0.2, 0.25) is 0 Å². The van der Waals surface area contributed by atoms with E-state index in [1.807, 2.05) is 19.2 Å². The van der Waals surface area contributed by atoms with Crippen LogP contribution in [0.1, 0.15) is 41.7 Å². The second-order valence-electron chi connectivity index (χ2n) is 4.85. The van der Waals surface area contributed by atoms with Gasteiger partial charge in [0.05, 0.1) is 16.4 Å². The molecule has 1 aliphatic carbocycles. The molecule has 3 nitrogen and oxygen atoms in total. The van der Waals surface area contributed by atoms with E-state index in [-0.39, 0.29) is 0 Å². The Hall–Kier alpha value is -1.13. The van der Waals surface area contributed by atoms with Crippen molar-refractivity contribution >= 4 is 15.9 Å². The molecule has 0 saturated heterocycles. The molecule has 1 aromatic heterocycles. The molecule has 0 radical (unpaired) electrons. The number of hydrogen-bond acceptors (Lipinski definition) is 2. The molecule has 94 valence electrons. The summed E-state index contributed by atoms with van der Waals surface area (Å²) in [5.41, 5.74) is 3.07. The number of halogens is 1. The lowest BCUT2D eigenvalue weighted by Crippen LogP contribution is -2.07. The van der Waals surface area contributed by atoms with Gasteiger partial charge < -0.3 is 5.11 Å². The fourth-order valence-electron chi connectivity index (χ4n) is 2.29. The first-order chi connectivity index (χ1) is 8.66. The summed E-state index contributed by atoms with van der Waals surface area (Å²) in [6.07, 6.45) is 3.62. The van der Waals surface area contributed by atoms with Gasteiger partial charge in [-0.05, 0) is 45.8 Å². The van der Waals surface area contributed by atoms with Crippen LogP contribution in [0.3, 0.4) is 0 Å². The number of nitrogens with zero attached hydrogens (tertiary/aromatic N) is 2. The number of aromatic nitrogens is 2. The molecule has 0 amide bonds. The highest BCUT2D eigenvalue weighted by Crippen LogP contribution is 2.41. The molecule has 0 bridgehead atoms.